The van der Waals surface area contributed by atoms with Crippen LogP contribution >= 0.6 is 0 Å². The molecule has 0 bridgehead atoms. The van der Waals surface area contributed by atoms with E-state index < -0.39 is 29.8 Å². The third kappa shape index (κ3) is 6.34. The van der Waals surface area contributed by atoms with Crippen LogP contribution in [0.3, 0.4) is 0 Å². The summed E-state index contributed by atoms with van der Waals surface area (Å²) in [7, 11) is 0. The molecule has 5 N–H and O–H groups in total. The number of hydrogen-bond acceptors (Lipinski definition) is 4. The lowest BCUT2D eigenvalue weighted by Gasteiger charge is -2.32. The highest BCUT2D eigenvalue weighted by Gasteiger charge is 2.44. The van der Waals surface area contributed by atoms with Crippen molar-refractivity contribution in [3.05, 3.63) is 71.0 Å². The largest absolute Gasteiger partial charge is 0.338 e. The van der Waals surface area contributed by atoms with Crippen LogP contribution in [-0.4, -0.2) is 35.0 Å². The van der Waals surface area contributed by atoms with Gasteiger partial charge < -0.3 is 11.1 Å². The van der Waals surface area contributed by atoms with Gasteiger partial charge in [-0.15, -0.1) is 0 Å². The van der Waals surface area contributed by atoms with Crippen LogP contribution in [-0.2, 0) is 4.79 Å². The van der Waals surface area contributed by atoms with Crippen LogP contribution in [0.4, 0.5) is 13.2 Å². The van der Waals surface area contributed by atoms with Crippen LogP contribution in [0.2, 0.25) is 0 Å². The summed E-state index contributed by atoms with van der Waals surface area (Å²) >= 11 is 0. The molecule has 0 aliphatic carbocycles. The van der Waals surface area contributed by atoms with Crippen molar-refractivity contribution in [1.29, 1.82) is 0 Å². The van der Waals surface area contributed by atoms with E-state index in [4.69, 9.17) is 10.9 Å². The van der Waals surface area contributed by atoms with E-state index in [1.165, 1.54) is 54.0 Å². The maximum absolute atomic E-state index is 13.2. The molecular formula is C22H18F3N3O3. The van der Waals surface area contributed by atoms with Gasteiger partial charge in [-0.2, -0.15) is 0 Å². The lowest BCUT2D eigenvalue weighted by Crippen LogP contribution is -2.66. The summed E-state index contributed by atoms with van der Waals surface area (Å²) in [5, 5.41) is 10.9. The Morgan fingerprint density at radius 2 is 1.48 bits per heavy atom. The fourth-order valence-corrected chi connectivity index (χ4v) is 2.35. The zero-order valence-electron chi connectivity index (χ0n) is 16.2. The number of alkyl halides is 2. The van der Waals surface area contributed by atoms with Gasteiger partial charge in [0, 0.05) is 16.7 Å². The zero-order valence-corrected chi connectivity index (χ0v) is 16.2. The third-order valence-electron chi connectivity index (χ3n) is 4.21. The Morgan fingerprint density at radius 3 is 1.94 bits per heavy atom. The number of rotatable bonds is 5. The summed E-state index contributed by atoms with van der Waals surface area (Å²) < 4.78 is 39.1. The molecule has 160 valence electrons. The van der Waals surface area contributed by atoms with Crippen LogP contribution < -0.4 is 16.5 Å². The molecule has 31 heavy (non-hydrogen) atoms. The predicted octanol–water partition coefficient (Wildman–Crippen LogP) is 1.82. The molecule has 0 saturated carbocycles. The average Bonchev–Trinajstić information content (AvgIpc) is 2.75. The molecular weight excluding hydrogens is 411 g/mol. The van der Waals surface area contributed by atoms with E-state index in [0.29, 0.717) is 11.1 Å². The lowest BCUT2D eigenvalue weighted by molar-refractivity contribution is -0.134. The molecule has 0 fully saturated rings. The highest BCUT2D eigenvalue weighted by Crippen LogP contribution is 2.18. The number of amides is 2. The summed E-state index contributed by atoms with van der Waals surface area (Å²) in [4.78, 5) is 24.0. The summed E-state index contributed by atoms with van der Waals surface area (Å²) in [5.74, 6) is 8.24. The smallest absolute Gasteiger partial charge is 0.268 e. The normalized spacial score (nSPS) is 13.0. The molecule has 6 nitrogen and oxygen atoms in total. The molecule has 2 atom stereocenters. The maximum Gasteiger partial charge on any atom is 0.268 e. The van der Waals surface area contributed by atoms with E-state index in [2.05, 4.69) is 29.0 Å². The molecule has 1 unspecified atom stereocenters. The number of hydroxylamine groups is 1. The van der Waals surface area contributed by atoms with Crippen LogP contribution in [0.15, 0.2) is 48.5 Å². The lowest BCUT2D eigenvalue weighted by atomic mass is 9.92. The maximum atomic E-state index is 13.2. The second-order valence-corrected chi connectivity index (χ2v) is 6.63. The zero-order chi connectivity index (χ0) is 23.0. The van der Waals surface area contributed by atoms with Crippen molar-refractivity contribution in [2.45, 2.75) is 24.9 Å². The topological polar surface area (TPSA) is 104 Å². The second-order valence-electron chi connectivity index (χ2n) is 6.63. The van der Waals surface area contributed by atoms with Crippen molar-refractivity contribution in [3.63, 3.8) is 0 Å². The molecule has 2 aromatic carbocycles. The van der Waals surface area contributed by atoms with Crippen LogP contribution in [0.25, 0.3) is 0 Å². The first-order chi connectivity index (χ1) is 14.6. The van der Waals surface area contributed by atoms with E-state index >= 15 is 0 Å². The van der Waals surface area contributed by atoms with Gasteiger partial charge in [-0.05, 0) is 67.3 Å². The number of halogens is 3. The van der Waals surface area contributed by atoms with E-state index in [1.807, 2.05) is 0 Å². The first-order valence-electron chi connectivity index (χ1n) is 8.84. The van der Waals surface area contributed by atoms with E-state index in [1.54, 1.807) is 0 Å². The molecule has 9 heteroatoms. The molecule has 2 amide bonds. The van der Waals surface area contributed by atoms with Gasteiger partial charge in [0.25, 0.3) is 18.2 Å². The Kier molecular flexibility index (Phi) is 7.81. The van der Waals surface area contributed by atoms with Crippen molar-refractivity contribution in [2.24, 2.45) is 5.73 Å². The molecule has 0 radical (unpaired) electrons. The number of carbonyl (C=O) groups excluding carboxylic acids is 2. The van der Waals surface area contributed by atoms with Crippen molar-refractivity contribution >= 4 is 11.8 Å². The minimum atomic E-state index is -3.15. The number of carbonyl (C=O) groups is 2. The van der Waals surface area contributed by atoms with E-state index in [0.717, 1.165) is 6.92 Å². The van der Waals surface area contributed by atoms with Gasteiger partial charge in [0.15, 0.2) is 0 Å². The summed E-state index contributed by atoms with van der Waals surface area (Å²) in [6.07, 6.45) is -3.15. The first kappa shape index (κ1) is 23.5. The summed E-state index contributed by atoms with van der Waals surface area (Å²) in [6.45, 7) is 0.878. The number of benzene rings is 2. The van der Waals surface area contributed by atoms with Crippen LogP contribution in [0.5, 0.6) is 0 Å². The number of nitrogens with one attached hydrogen (secondary N) is 2. The Balaban J connectivity index is 2.10. The average molecular weight is 429 g/mol. The quantitative estimate of drug-likeness (QED) is 0.331. The molecule has 0 aliphatic heterocycles. The minimum Gasteiger partial charge on any atom is -0.338 e. The predicted molar refractivity (Wildman–Crippen MR) is 106 cm³/mol. The van der Waals surface area contributed by atoms with E-state index in [9.17, 15) is 22.8 Å². The monoisotopic (exact) mass is 429 g/mol. The molecule has 0 heterocycles. The van der Waals surface area contributed by atoms with Gasteiger partial charge in [0.2, 0.25) is 0 Å². The number of hydrogen-bond donors (Lipinski definition) is 4. The Bertz CT molecular complexity index is 1060. The molecule has 0 saturated heterocycles. The Labute approximate surface area is 176 Å². The molecule has 0 aromatic heterocycles. The Hall–Kier alpha value is -3.79. The summed E-state index contributed by atoms with van der Waals surface area (Å²) in [5.41, 5.74) is 5.44. The Morgan fingerprint density at radius 1 is 1.00 bits per heavy atom. The molecule has 0 spiro atoms. The standard InChI is InChI=1S/C22H18F3N3O3/c1-22(26,21(24)25)18(20(30)28-31)27-19(29)16-10-6-14(7-11-16)4-2-3-5-15-8-12-17(23)13-9-15/h6-13,18,21,31H,26H2,1H3,(H,27,29)(H,28,30)/t18-,22?/m1/s1. The van der Waals surface area contributed by atoms with Crippen molar-refractivity contribution < 1.29 is 28.0 Å². The first-order valence-corrected chi connectivity index (χ1v) is 8.84. The second kappa shape index (κ2) is 10.3. The molecule has 2 rings (SSSR count). The number of nitrogens with two attached hydrogens (primary N) is 1. The third-order valence-corrected chi connectivity index (χ3v) is 4.21. The van der Waals surface area contributed by atoms with Crippen molar-refractivity contribution in [2.75, 3.05) is 0 Å². The summed E-state index contributed by atoms with van der Waals surface area (Å²) in [6, 6.07) is 9.45. The van der Waals surface area contributed by atoms with Crippen LogP contribution in [0.1, 0.15) is 28.4 Å². The van der Waals surface area contributed by atoms with Gasteiger partial charge in [0.05, 0.1) is 0 Å². The van der Waals surface area contributed by atoms with Crippen molar-refractivity contribution in [3.8, 4) is 23.7 Å². The van der Waals surface area contributed by atoms with E-state index in [-0.39, 0.29) is 11.4 Å². The highest BCUT2D eigenvalue weighted by molar-refractivity contribution is 5.98. The minimum absolute atomic E-state index is 0.0590. The fraction of sp³-hybridized carbons (Fsp3) is 0.182. The van der Waals surface area contributed by atoms with Gasteiger partial charge in [-0.25, -0.2) is 18.7 Å². The molecule has 2 aromatic rings. The van der Waals surface area contributed by atoms with Crippen molar-refractivity contribution in [1.82, 2.24) is 10.8 Å². The van der Waals surface area contributed by atoms with Gasteiger partial charge in [0.1, 0.15) is 17.4 Å². The highest BCUT2D eigenvalue weighted by atomic mass is 19.3. The fourth-order valence-electron chi connectivity index (χ4n) is 2.35. The van der Waals surface area contributed by atoms with Crippen LogP contribution in [0, 0.1) is 29.5 Å². The van der Waals surface area contributed by atoms with Gasteiger partial charge >= 0.3 is 0 Å². The SMILES string of the molecule is CC(N)(C(F)F)[C@H](NC(=O)c1ccc(C#CC#Cc2ccc(F)cc2)cc1)C(=O)NO. The van der Waals surface area contributed by atoms with Gasteiger partial charge in [-0.3, -0.25) is 14.8 Å². The van der Waals surface area contributed by atoms with Gasteiger partial charge in [-0.1, -0.05) is 11.8 Å². The molecule has 0 aliphatic rings.